The van der Waals surface area contributed by atoms with Crippen molar-refractivity contribution in [1.29, 1.82) is 0 Å². The fraction of sp³-hybridized carbons (Fsp3) is 0.750. The van der Waals surface area contributed by atoms with Gasteiger partial charge in [-0.2, -0.15) is 16.9 Å². The summed E-state index contributed by atoms with van der Waals surface area (Å²) in [5, 5.41) is 4.56. The molecule has 0 spiro atoms. The Labute approximate surface area is 108 Å². The molecule has 1 aromatic rings. The second-order valence-corrected chi connectivity index (χ2v) is 5.34. The maximum atomic E-state index is 5.60. The van der Waals surface area contributed by atoms with E-state index in [-0.39, 0.29) is 0 Å². The minimum Gasteiger partial charge on any atom is -0.271 e. The molecule has 0 fully saturated rings. The van der Waals surface area contributed by atoms with Crippen LogP contribution >= 0.6 is 11.8 Å². The molecule has 1 rings (SSSR count). The minimum atomic E-state index is 0.326. The van der Waals surface area contributed by atoms with Gasteiger partial charge < -0.3 is 0 Å². The van der Waals surface area contributed by atoms with Gasteiger partial charge in [0.15, 0.2) is 0 Å². The van der Waals surface area contributed by atoms with Gasteiger partial charge in [0.05, 0.1) is 5.69 Å². The second-order valence-electron chi connectivity index (χ2n) is 4.02. The molecule has 0 aliphatic rings. The summed E-state index contributed by atoms with van der Waals surface area (Å²) in [6, 6.07) is 2.52. The molecule has 1 aromatic heterocycles. The number of rotatable bonds is 8. The molecule has 1 atom stereocenters. The third-order valence-corrected chi connectivity index (χ3v) is 3.84. The average molecular weight is 256 g/mol. The number of hydrazine groups is 1. The van der Waals surface area contributed by atoms with E-state index in [1.54, 1.807) is 0 Å². The topological polar surface area (TPSA) is 55.9 Å². The summed E-state index contributed by atoms with van der Waals surface area (Å²) in [7, 11) is 0. The van der Waals surface area contributed by atoms with Gasteiger partial charge in [0, 0.05) is 30.5 Å². The zero-order chi connectivity index (χ0) is 12.7. The lowest BCUT2D eigenvalue weighted by Crippen LogP contribution is -2.39. The molecular formula is C12H24N4S. The van der Waals surface area contributed by atoms with Crippen LogP contribution in [0.2, 0.25) is 0 Å². The number of aromatic nitrogens is 2. The van der Waals surface area contributed by atoms with Crippen LogP contribution in [0, 0.1) is 0 Å². The molecule has 0 radical (unpaired) electrons. The van der Waals surface area contributed by atoms with E-state index >= 15 is 0 Å². The van der Waals surface area contributed by atoms with Crippen molar-refractivity contribution in [1.82, 2.24) is 15.2 Å². The van der Waals surface area contributed by atoms with Crippen LogP contribution in [0.5, 0.6) is 0 Å². The van der Waals surface area contributed by atoms with Gasteiger partial charge in [0.2, 0.25) is 0 Å². The first-order valence-electron chi connectivity index (χ1n) is 6.34. The third kappa shape index (κ3) is 4.33. The van der Waals surface area contributed by atoms with Crippen LogP contribution in [0.1, 0.15) is 32.2 Å². The van der Waals surface area contributed by atoms with Gasteiger partial charge in [-0.05, 0) is 25.2 Å². The Morgan fingerprint density at radius 1 is 1.47 bits per heavy atom. The fourth-order valence-electron chi connectivity index (χ4n) is 1.80. The molecule has 0 amide bonds. The van der Waals surface area contributed by atoms with Crippen molar-refractivity contribution in [2.45, 2.75) is 46.2 Å². The van der Waals surface area contributed by atoms with Crippen LogP contribution in [-0.2, 0) is 19.4 Å². The standard InChI is InChI=1S/C12H24N4S/c1-4-10-7-12(16(5-2)15-10)8-11(14-13)9-17-6-3/h7,11,14H,4-6,8-9,13H2,1-3H3. The monoisotopic (exact) mass is 256 g/mol. The first-order chi connectivity index (χ1) is 8.24. The highest BCUT2D eigenvalue weighted by molar-refractivity contribution is 7.99. The lowest BCUT2D eigenvalue weighted by molar-refractivity contribution is 0.534. The van der Waals surface area contributed by atoms with Gasteiger partial charge in [-0.1, -0.05) is 13.8 Å². The van der Waals surface area contributed by atoms with E-state index < -0.39 is 0 Å². The molecule has 3 N–H and O–H groups in total. The Morgan fingerprint density at radius 3 is 2.76 bits per heavy atom. The van der Waals surface area contributed by atoms with E-state index in [9.17, 15) is 0 Å². The molecule has 0 aliphatic carbocycles. The Bertz CT molecular complexity index is 324. The van der Waals surface area contributed by atoms with Crippen molar-refractivity contribution >= 4 is 11.8 Å². The normalized spacial score (nSPS) is 12.9. The second kappa shape index (κ2) is 7.74. The van der Waals surface area contributed by atoms with Gasteiger partial charge in [-0.15, -0.1) is 0 Å². The Kier molecular flexibility index (Phi) is 6.62. The Morgan fingerprint density at radius 2 is 2.24 bits per heavy atom. The van der Waals surface area contributed by atoms with Crippen molar-refractivity contribution in [2.24, 2.45) is 5.84 Å². The molecule has 5 heteroatoms. The van der Waals surface area contributed by atoms with Crippen molar-refractivity contribution in [2.75, 3.05) is 11.5 Å². The van der Waals surface area contributed by atoms with Crippen LogP contribution in [-0.4, -0.2) is 27.3 Å². The Balaban J connectivity index is 2.67. The number of thioether (sulfide) groups is 1. The van der Waals surface area contributed by atoms with E-state index in [0.717, 1.165) is 30.9 Å². The molecule has 0 saturated carbocycles. The van der Waals surface area contributed by atoms with Gasteiger partial charge in [-0.25, -0.2) is 0 Å². The molecule has 0 saturated heterocycles. The number of hydrogen-bond acceptors (Lipinski definition) is 4. The molecule has 17 heavy (non-hydrogen) atoms. The van der Waals surface area contributed by atoms with E-state index in [1.807, 2.05) is 11.8 Å². The first kappa shape index (κ1) is 14.5. The predicted molar refractivity (Wildman–Crippen MR) is 75.1 cm³/mol. The van der Waals surface area contributed by atoms with E-state index in [2.05, 4.69) is 42.0 Å². The van der Waals surface area contributed by atoms with Crippen molar-refractivity contribution in [3.05, 3.63) is 17.5 Å². The summed E-state index contributed by atoms with van der Waals surface area (Å²) >= 11 is 1.91. The smallest absolute Gasteiger partial charge is 0.0624 e. The Hall–Kier alpha value is -0.520. The van der Waals surface area contributed by atoms with Crippen LogP contribution in [0.4, 0.5) is 0 Å². The molecule has 0 aliphatic heterocycles. The highest BCUT2D eigenvalue weighted by Crippen LogP contribution is 2.11. The van der Waals surface area contributed by atoms with E-state index in [1.165, 1.54) is 11.4 Å². The largest absolute Gasteiger partial charge is 0.271 e. The summed E-state index contributed by atoms with van der Waals surface area (Å²) in [4.78, 5) is 0. The van der Waals surface area contributed by atoms with Crippen LogP contribution < -0.4 is 11.3 Å². The fourth-order valence-corrected chi connectivity index (χ4v) is 2.54. The predicted octanol–water partition coefficient (Wildman–Crippen LogP) is 1.59. The summed E-state index contributed by atoms with van der Waals surface area (Å²) in [5.74, 6) is 7.77. The molecule has 0 aromatic carbocycles. The number of nitrogens with one attached hydrogen (secondary N) is 1. The van der Waals surface area contributed by atoms with Crippen molar-refractivity contribution in [3.63, 3.8) is 0 Å². The summed E-state index contributed by atoms with van der Waals surface area (Å²) in [5.41, 5.74) is 5.35. The minimum absolute atomic E-state index is 0.326. The highest BCUT2D eigenvalue weighted by atomic mass is 32.2. The summed E-state index contributed by atoms with van der Waals surface area (Å²) in [6.45, 7) is 7.36. The third-order valence-electron chi connectivity index (χ3n) is 2.79. The number of nitrogens with zero attached hydrogens (tertiary/aromatic N) is 2. The van der Waals surface area contributed by atoms with E-state index in [4.69, 9.17) is 5.84 Å². The molecule has 4 nitrogen and oxygen atoms in total. The first-order valence-corrected chi connectivity index (χ1v) is 7.50. The zero-order valence-electron chi connectivity index (χ0n) is 11.1. The van der Waals surface area contributed by atoms with Crippen LogP contribution in [0.15, 0.2) is 6.07 Å². The zero-order valence-corrected chi connectivity index (χ0v) is 11.9. The molecule has 0 bridgehead atoms. The lowest BCUT2D eigenvalue weighted by Gasteiger charge is -2.15. The van der Waals surface area contributed by atoms with Gasteiger partial charge in [-0.3, -0.25) is 16.0 Å². The number of nitrogens with two attached hydrogens (primary N) is 1. The van der Waals surface area contributed by atoms with Crippen molar-refractivity contribution in [3.8, 4) is 0 Å². The van der Waals surface area contributed by atoms with Crippen LogP contribution in [0.3, 0.4) is 0 Å². The SMILES string of the molecule is CCSCC(Cc1cc(CC)nn1CC)NN. The van der Waals surface area contributed by atoms with Crippen LogP contribution in [0.25, 0.3) is 0 Å². The molecular weight excluding hydrogens is 232 g/mol. The van der Waals surface area contributed by atoms with Crippen molar-refractivity contribution < 1.29 is 0 Å². The van der Waals surface area contributed by atoms with Gasteiger partial charge in [0.25, 0.3) is 0 Å². The number of aryl methyl sites for hydroxylation is 2. The molecule has 1 unspecified atom stereocenters. The molecule has 98 valence electrons. The van der Waals surface area contributed by atoms with Gasteiger partial charge >= 0.3 is 0 Å². The maximum Gasteiger partial charge on any atom is 0.0624 e. The number of hydrogen-bond donors (Lipinski definition) is 2. The summed E-state index contributed by atoms with van der Waals surface area (Å²) < 4.78 is 2.08. The lowest BCUT2D eigenvalue weighted by atomic mass is 10.1. The quantitative estimate of drug-likeness (QED) is 0.548. The molecule has 1 heterocycles. The van der Waals surface area contributed by atoms with E-state index in [0.29, 0.717) is 6.04 Å². The average Bonchev–Trinajstić information content (AvgIpc) is 2.76. The maximum absolute atomic E-state index is 5.60. The highest BCUT2D eigenvalue weighted by Gasteiger charge is 2.12. The summed E-state index contributed by atoms with van der Waals surface area (Å²) in [6.07, 6.45) is 1.94. The van der Waals surface area contributed by atoms with Gasteiger partial charge in [0.1, 0.15) is 0 Å².